The van der Waals surface area contributed by atoms with Crippen molar-refractivity contribution < 1.29 is 14.3 Å². The van der Waals surface area contributed by atoms with Gasteiger partial charge in [-0.15, -0.1) is 0 Å². The van der Waals surface area contributed by atoms with E-state index in [4.69, 9.17) is 9.47 Å². The first kappa shape index (κ1) is 17.5. The number of carbonyl (C=O) groups is 1. The molecule has 27 heavy (non-hydrogen) atoms. The predicted octanol–water partition coefficient (Wildman–Crippen LogP) is 3.99. The van der Waals surface area contributed by atoms with E-state index >= 15 is 0 Å². The van der Waals surface area contributed by atoms with Gasteiger partial charge in [0.15, 0.2) is 0 Å². The molecule has 1 aliphatic carbocycles. The summed E-state index contributed by atoms with van der Waals surface area (Å²) in [6.07, 6.45) is 4.25. The van der Waals surface area contributed by atoms with Gasteiger partial charge in [0.05, 0.1) is 14.2 Å². The molecule has 140 valence electrons. The fourth-order valence-electron chi connectivity index (χ4n) is 3.95. The van der Waals surface area contributed by atoms with Crippen LogP contribution in [0.3, 0.4) is 0 Å². The van der Waals surface area contributed by atoms with Crippen molar-refractivity contribution in [3.05, 3.63) is 59.8 Å². The Morgan fingerprint density at radius 1 is 1.07 bits per heavy atom. The van der Waals surface area contributed by atoms with Crippen LogP contribution < -0.4 is 9.47 Å². The van der Waals surface area contributed by atoms with Gasteiger partial charge in [0.2, 0.25) is 0 Å². The molecule has 3 aromatic rings. The average molecular weight is 364 g/mol. The van der Waals surface area contributed by atoms with Crippen LogP contribution in [0.25, 0.3) is 10.9 Å². The number of amides is 1. The van der Waals surface area contributed by atoms with Crippen LogP contribution in [0, 0.1) is 0 Å². The first-order chi connectivity index (χ1) is 13.1. The summed E-state index contributed by atoms with van der Waals surface area (Å²) in [5, 5.41) is 1.24. The molecule has 1 N–H and O–H groups in total. The van der Waals surface area contributed by atoms with Crippen LogP contribution in [0.4, 0.5) is 0 Å². The first-order valence-electron chi connectivity index (χ1n) is 9.13. The Morgan fingerprint density at radius 2 is 1.74 bits per heavy atom. The van der Waals surface area contributed by atoms with Crippen molar-refractivity contribution in [2.24, 2.45) is 0 Å². The molecule has 1 saturated carbocycles. The fraction of sp³-hybridized carbons (Fsp3) is 0.318. The van der Waals surface area contributed by atoms with Crippen molar-refractivity contribution in [2.45, 2.75) is 18.3 Å². The highest BCUT2D eigenvalue weighted by Gasteiger charge is 2.47. The minimum absolute atomic E-state index is 0.0132. The SMILES string of the molecule is COc1cccc(OC)c1C(=O)N(C)CC1(c2c[nH]c3ccccc23)CC1. The van der Waals surface area contributed by atoms with Crippen LogP contribution in [0.2, 0.25) is 0 Å². The second-order valence-electron chi connectivity index (χ2n) is 7.23. The smallest absolute Gasteiger partial charge is 0.261 e. The molecule has 0 saturated heterocycles. The zero-order chi connectivity index (χ0) is 19.0. The number of para-hydroxylation sites is 1. The number of hydrogen-bond donors (Lipinski definition) is 1. The Hall–Kier alpha value is -2.95. The van der Waals surface area contributed by atoms with Gasteiger partial charge < -0.3 is 19.4 Å². The summed E-state index contributed by atoms with van der Waals surface area (Å²) in [6, 6.07) is 13.7. The molecule has 0 radical (unpaired) electrons. The van der Waals surface area contributed by atoms with E-state index in [1.54, 1.807) is 31.3 Å². The summed E-state index contributed by atoms with van der Waals surface area (Å²) in [5.74, 6) is 0.974. The molecule has 2 aromatic carbocycles. The number of nitrogens with zero attached hydrogens (tertiary/aromatic N) is 1. The predicted molar refractivity (Wildman–Crippen MR) is 106 cm³/mol. The zero-order valence-corrected chi connectivity index (χ0v) is 15.9. The van der Waals surface area contributed by atoms with Gasteiger partial charge in [-0.05, 0) is 36.6 Å². The number of fused-ring (bicyclic) bond motifs is 1. The lowest BCUT2D eigenvalue weighted by atomic mass is 9.94. The molecule has 0 bridgehead atoms. The van der Waals surface area contributed by atoms with Gasteiger partial charge in [0.25, 0.3) is 5.91 Å². The molecule has 5 heteroatoms. The zero-order valence-electron chi connectivity index (χ0n) is 15.9. The molecule has 1 aromatic heterocycles. The Kier molecular flexibility index (Phi) is 4.30. The number of rotatable bonds is 6. The van der Waals surface area contributed by atoms with E-state index < -0.39 is 0 Å². The van der Waals surface area contributed by atoms with Gasteiger partial charge in [-0.3, -0.25) is 4.79 Å². The molecule has 1 amide bonds. The molecular formula is C22H24N2O3. The molecule has 1 aliphatic rings. The number of ether oxygens (including phenoxy) is 2. The second-order valence-corrected chi connectivity index (χ2v) is 7.23. The second kappa shape index (κ2) is 6.65. The molecule has 0 aliphatic heterocycles. The number of carbonyl (C=O) groups excluding carboxylic acids is 1. The molecule has 1 heterocycles. The van der Waals surface area contributed by atoms with Gasteiger partial charge in [0.1, 0.15) is 17.1 Å². The van der Waals surface area contributed by atoms with Crippen molar-refractivity contribution in [1.82, 2.24) is 9.88 Å². The highest BCUT2D eigenvalue weighted by molar-refractivity contribution is 5.99. The third-order valence-corrected chi connectivity index (χ3v) is 5.54. The number of aromatic nitrogens is 1. The maximum absolute atomic E-state index is 13.2. The number of aromatic amines is 1. The van der Waals surface area contributed by atoms with Gasteiger partial charge >= 0.3 is 0 Å². The van der Waals surface area contributed by atoms with Crippen LogP contribution >= 0.6 is 0 Å². The van der Waals surface area contributed by atoms with Crippen LogP contribution in [0.15, 0.2) is 48.7 Å². The lowest BCUT2D eigenvalue weighted by molar-refractivity contribution is 0.0774. The van der Waals surface area contributed by atoms with Crippen LogP contribution in [0.1, 0.15) is 28.8 Å². The van der Waals surface area contributed by atoms with Gasteiger partial charge in [-0.25, -0.2) is 0 Å². The maximum atomic E-state index is 13.2. The van der Waals surface area contributed by atoms with Crippen LogP contribution in [-0.4, -0.2) is 43.6 Å². The number of methoxy groups -OCH3 is 2. The van der Waals surface area contributed by atoms with E-state index in [0.29, 0.717) is 23.6 Å². The number of nitrogens with one attached hydrogen (secondary N) is 1. The largest absolute Gasteiger partial charge is 0.496 e. The number of hydrogen-bond acceptors (Lipinski definition) is 3. The summed E-state index contributed by atoms with van der Waals surface area (Å²) < 4.78 is 10.8. The third-order valence-electron chi connectivity index (χ3n) is 5.54. The quantitative estimate of drug-likeness (QED) is 0.720. The Morgan fingerprint density at radius 3 is 2.37 bits per heavy atom. The van der Waals surface area contributed by atoms with Crippen molar-refractivity contribution >= 4 is 16.8 Å². The van der Waals surface area contributed by atoms with E-state index in [-0.39, 0.29) is 11.3 Å². The highest BCUT2D eigenvalue weighted by Crippen LogP contribution is 2.51. The van der Waals surface area contributed by atoms with Gasteiger partial charge in [-0.2, -0.15) is 0 Å². The monoisotopic (exact) mass is 364 g/mol. The molecule has 0 unspecified atom stereocenters. The maximum Gasteiger partial charge on any atom is 0.261 e. The van der Waals surface area contributed by atoms with Crippen molar-refractivity contribution in [1.29, 1.82) is 0 Å². The third kappa shape index (κ3) is 2.93. The van der Waals surface area contributed by atoms with E-state index in [2.05, 4.69) is 29.4 Å². The number of H-pyrrole nitrogens is 1. The van der Waals surface area contributed by atoms with E-state index in [1.165, 1.54) is 10.9 Å². The molecule has 0 atom stereocenters. The molecule has 1 fully saturated rings. The lowest BCUT2D eigenvalue weighted by Crippen LogP contribution is -2.34. The Balaban J connectivity index is 1.63. The van der Waals surface area contributed by atoms with Crippen LogP contribution in [0.5, 0.6) is 11.5 Å². The van der Waals surface area contributed by atoms with Gasteiger partial charge in [-0.1, -0.05) is 24.3 Å². The van der Waals surface area contributed by atoms with E-state index in [1.807, 2.05) is 19.2 Å². The molecule has 0 spiro atoms. The Bertz CT molecular complexity index is 966. The molecule has 4 rings (SSSR count). The highest BCUT2D eigenvalue weighted by atomic mass is 16.5. The molecule has 5 nitrogen and oxygen atoms in total. The summed E-state index contributed by atoms with van der Waals surface area (Å²) in [7, 11) is 4.99. The minimum atomic E-state index is -0.0876. The standard InChI is InChI=1S/C22H24N2O3/c1-24(21(25)20-18(26-2)9-6-10-19(20)27-3)14-22(11-12-22)16-13-23-17-8-5-4-7-15(16)17/h4-10,13,23H,11-12,14H2,1-3H3. The summed E-state index contributed by atoms with van der Waals surface area (Å²) in [5.41, 5.74) is 2.92. The minimum Gasteiger partial charge on any atom is -0.496 e. The van der Waals surface area contributed by atoms with E-state index in [9.17, 15) is 4.79 Å². The lowest BCUT2D eigenvalue weighted by Gasteiger charge is -2.25. The number of benzene rings is 2. The van der Waals surface area contributed by atoms with Crippen LogP contribution in [-0.2, 0) is 5.41 Å². The van der Waals surface area contributed by atoms with Gasteiger partial charge in [0, 0.05) is 36.1 Å². The first-order valence-corrected chi connectivity index (χ1v) is 9.13. The van der Waals surface area contributed by atoms with Crippen molar-refractivity contribution in [3.63, 3.8) is 0 Å². The topological polar surface area (TPSA) is 54.6 Å². The Labute approximate surface area is 158 Å². The number of likely N-dealkylation sites (N-methyl/N-ethyl adjacent to an activating group) is 1. The average Bonchev–Trinajstić information content (AvgIpc) is 3.34. The summed E-state index contributed by atoms with van der Waals surface area (Å²) in [6.45, 7) is 0.662. The van der Waals surface area contributed by atoms with Crippen molar-refractivity contribution in [2.75, 3.05) is 27.8 Å². The molecular weight excluding hydrogens is 340 g/mol. The normalized spacial score (nSPS) is 14.8. The fourth-order valence-corrected chi connectivity index (χ4v) is 3.95. The summed E-state index contributed by atoms with van der Waals surface area (Å²) in [4.78, 5) is 18.3. The van der Waals surface area contributed by atoms with Crippen molar-refractivity contribution in [3.8, 4) is 11.5 Å². The van der Waals surface area contributed by atoms with E-state index in [0.717, 1.165) is 18.4 Å². The summed E-state index contributed by atoms with van der Waals surface area (Å²) >= 11 is 0.